The van der Waals surface area contributed by atoms with E-state index in [4.69, 9.17) is 14.2 Å². The number of benzene rings is 2. The number of methoxy groups -OCH3 is 1. The highest BCUT2D eigenvalue weighted by Gasteiger charge is 2.25. The topological polar surface area (TPSA) is 48.0 Å². The summed E-state index contributed by atoms with van der Waals surface area (Å²) in [6, 6.07) is 9.41. The second-order valence-electron chi connectivity index (χ2n) is 5.80. The number of carbonyl (C=O) groups is 1. The molecule has 24 heavy (non-hydrogen) atoms. The van der Waals surface area contributed by atoms with Crippen molar-refractivity contribution in [2.45, 2.75) is 13.0 Å². The summed E-state index contributed by atoms with van der Waals surface area (Å²) in [5.41, 5.74) is 2.98. The third-order valence-electron chi connectivity index (χ3n) is 4.39. The Kier molecular flexibility index (Phi) is 3.84. The molecule has 4 rings (SSSR count). The van der Waals surface area contributed by atoms with Gasteiger partial charge in [0.25, 0.3) is 5.91 Å². The molecule has 2 aliphatic heterocycles. The van der Waals surface area contributed by atoms with Gasteiger partial charge in [-0.3, -0.25) is 4.79 Å². The molecular weight excluding hydrogens is 374 g/mol. The Morgan fingerprint density at radius 3 is 2.62 bits per heavy atom. The fourth-order valence-electron chi connectivity index (χ4n) is 3.10. The molecule has 2 aromatic rings. The molecule has 2 heterocycles. The van der Waals surface area contributed by atoms with Gasteiger partial charge in [0, 0.05) is 18.7 Å². The highest BCUT2D eigenvalue weighted by atomic mass is 79.9. The summed E-state index contributed by atoms with van der Waals surface area (Å²) in [5, 5.41) is 0. The Balaban J connectivity index is 1.58. The van der Waals surface area contributed by atoms with Gasteiger partial charge in [0.15, 0.2) is 11.5 Å². The Morgan fingerprint density at radius 1 is 1.17 bits per heavy atom. The third-order valence-corrected chi connectivity index (χ3v) is 5.01. The first-order valence-electron chi connectivity index (χ1n) is 7.70. The molecule has 6 heteroatoms. The molecule has 0 aromatic heterocycles. The van der Waals surface area contributed by atoms with Gasteiger partial charge in [-0.15, -0.1) is 0 Å². The van der Waals surface area contributed by atoms with E-state index in [1.807, 2.05) is 17.0 Å². The Hall–Kier alpha value is -2.21. The lowest BCUT2D eigenvalue weighted by molar-refractivity contribution is 0.0734. The van der Waals surface area contributed by atoms with Crippen LogP contribution in [0.2, 0.25) is 0 Å². The smallest absolute Gasteiger partial charge is 0.254 e. The van der Waals surface area contributed by atoms with Crippen LogP contribution in [0.5, 0.6) is 17.2 Å². The van der Waals surface area contributed by atoms with Crippen LogP contribution in [0.15, 0.2) is 34.8 Å². The van der Waals surface area contributed by atoms with Crippen molar-refractivity contribution in [2.24, 2.45) is 0 Å². The van der Waals surface area contributed by atoms with Gasteiger partial charge < -0.3 is 19.1 Å². The summed E-state index contributed by atoms with van der Waals surface area (Å²) >= 11 is 3.43. The summed E-state index contributed by atoms with van der Waals surface area (Å²) in [5.74, 6) is 2.28. The molecule has 0 aliphatic carbocycles. The number of halogens is 1. The molecular formula is C18H16BrNO4. The summed E-state index contributed by atoms with van der Waals surface area (Å²) in [6.07, 6.45) is 0.815. The minimum absolute atomic E-state index is 0.0154. The van der Waals surface area contributed by atoms with Crippen LogP contribution in [0.1, 0.15) is 21.5 Å². The summed E-state index contributed by atoms with van der Waals surface area (Å²) in [6.45, 7) is 1.53. The highest BCUT2D eigenvalue weighted by molar-refractivity contribution is 9.10. The summed E-state index contributed by atoms with van der Waals surface area (Å²) in [4.78, 5) is 14.7. The molecule has 0 saturated carbocycles. The second-order valence-corrected chi connectivity index (χ2v) is 6.65. The van der Waals surface area contributed by atoms with Crippen LogP contribution in [0, 0.1) is 0 Å². The van der Waals surface area contributed by atoms with E-state index in [9.17, 15) is 4.79 Å². The molecule has 0 atom stereocenters. The van der Waals surface area contributed by atoms with Gasteiger partial charge in [0.05, 0.1) is 11.6 Å². The van der Waals surface area contributed by atoms with Crippen LogP contribution in [0.25, 0.3) is 0 Å². The molecule has 0 saturated heterocycles. The number of hydrogen-bond donors (Lipinski definition) is 0. The molecule has 0 unspecified atom stereocenters. The van der Waals surface area contributed by atoms with Crippen LogP contribution in [-0.4, -0.2) is 31.3 Å². The van der Waals surface area contributed by atoms with Crippen molar-refractivity contribution >= 4 is 21.8 Å². The quantitative estimate of drug-likeness (QED) is 0.789. The van der Waals surface area contributed by atoms with E-state index in [0.29, 0.717) is 24.4 Å². The van der Waals surface area contributed by atoms with Crippen molar-refractivity contribution in [3.05, 3.63) is 51.5 Å². The van der Waals surface area contributed by atoms with Gasteiger partial charge in [-0.05, 0) is 63.8 Å². The zero-order chi connectivity index (χ0) is 16.7. The molecule has 0 spiro atoms. The van der Waals surface area contributed by atoms with Gasteiger partial charge in [0.1, 0.15) is 5.75 Å². The molecule has 0 fully saturated rings. The lowest BCUT2D eigenvalue weighted by Crippen LogP contribution is -2.35. The van der Waals surface area contributed by atoms with Gasteiger partial charge in [-0.25, -0.2) is 0 Å². The van der Waals surface area contributed by atoms with Crippen LogP contribution in [0.3, 0.4) is 0 Å². The first-order chi connectivity index (χ1) is 11.7. The molecule has 0 N–H and O–H groups in total. The molecule has 5 nitrogen and oxygen atoms in total. The summed E-state index contributed by atoms with van der Waals surface area (Å²) in [7, 11) is 1.60. The molecule has 2 aliphatic rings. The standard InChI is InChI=1S/C18H16BrNO4/c1-22-15-3-2-12(6-14(15)19)18(21)20-5-4-11-7-16-17(24-10-23-16)8-13(11)9-20/h2-3,6-8H,4-5,9-10H2,1H3. The van der Waals surface area contributed by atoms with Gasteiger partial charge in [0.2, 0.25) is 6.79 Å². The van der Waals surface area contributed by atoms with Crippen molar-refractivity contribution in [1.82, 2.24) is 4.90 Å². The number of hydrogen-bond acceptors (Lipinski definition) is 4. The minimum Gasteiger partial charge on any atom is -0.496 e. The second kappa shape index (κ2) is 6.02. The van der Waals surface area contributed by atoms with Crippen molar-refractivity contribution in [3.8, 4) is 17.2 Å². The van der Waals surface area contributed by atoms with Crippen LogP contribution in [-0.2, 0) is 13.0 Å². The van der Waals surface area contributed by atoms with Gasteiger partial charge in [-0.1, -0.05) is 0 Å². The van der Waals surface area contributed by atoms with Crippen molar-refractivity contribution < 1.29 is 19.0 Å². The Bertz CT molecular complexity index is 821. The SMILES string of the molecule is COc1ccc(C(=O)N2CCc3cc4c(cc3C2)OCO4)cc1Br. The van der Waals surface area contributed by atoms with Crippen molar-refractivity contribution in [2.75, 3.05) is 20.4 Å². The van der Waals surface area contributed by atoms with Crippen LogP contribution < -0.4 is 14.2 Å². The fraction of sp³-hybridized carbons (Fsp3) is 0.278. The molecule has 0 radical (unpaired) electrons. The predicted molar refractivity (Wildman–Crippen MR) is 91.7 cm³/mol. The zero-order valence-corrected chi connectivity index (χ0v) is 14.8. The maximum Gasteiger partial charge on any atom is 0.254 e. The van der Waals surface area contributed by atoms with E-state index >= 15 is 0 Å². The lowest BCUT2D eigenvalue weighted by atomic mass is 9.98. The first-order valence-corrected chi connectivity index (χ1v) is 8.49. The van der Waals surface area contributed by atoms with Gasteiger partial charge in [-0.2, -0.15) is 0 Å². The largest absolute Gasteiger partial charge is 0.496 e. The average molecular weight is 390 g/mol. The van der Waals surface area contributed by atoms with Gasteiger partial charge >= 0.3 is 0 Å². The fourth-order valence-corrected chi connectivity index (χ4v) is 3.64. The highest BCUT2D eigenvalue weighted by Crippen LogP contribution is 2.37. The average Bonchev–Trinajstić information content (AvgIpc) is 3.05. The number of fused-ring (bicyclic) bond motifs is 2. The molecule has 2 aromatic carbocycles. The van der Waals surface area contributed by atoms with E-state index in [0.717, 1.165) is 28.0 Å². The molecule has 1 amide bonds. The maximum atomic E-state index is 12.8. The number of rotatable bonds is 2. The maximum absolute atomic E-state index is 12.8. The molecule has 0 bridgehead atoms. The predicted octanol–water partition coefficient (Wildman–Crippen LogP) is 3.38. The zero-order valence-electron chi connectivity index (χ0n) is 13.2. The normalized spacial score (nSPS) is 15.2. The van der Waals surface area contributed by atoms with E-state index in [-0.39, 0.29) is 12.7 Å². The number of ether oxygens (including phenoxy) is 3. The van der Waals surface area contributed by atoms with E-state index in [1.54, 1.807) is 25.3 Å². The monoisotopic (exact) mass is 389 g/mol. The number of nitrogens with zero attached hydrogens (tertiary/aromatic N) is 1. The summed E-state index contributed by atoms with van der Waals surface area (Å²) < 4.78 is 16.9. The first kappa shape index (κ1) is 15.3. The third kappa shape index (κ3) is 2.60. The molecule has 124 valence electrons. The number of amides is 1. The lowest BCUT2D eigenvalue weighted by Gasteiger charge is -2.29. The van der Waals surface area contributed by atoms with Crippen molar-refractivity contribution in [3.63, 3.8) is 0 Å². The Labute approximate surface area is 148 Å². The van der Waals surface area contributed by atoms with Crippen molar-refractivity contribution in [1.29, 1.82) is 0 Å². The van der Waals surface area contributed by atoms with Crippen LogP contribution in [0.4, 0.5) is 0 Å². The van der Waals surface area contributed by atoms with E-state index in [2.05, 4.69) is 15.9 Å². The Morgan fingerprint density at radius 2 is 1.92 bits per heavy atom. The van der Waals surface area contributed by atoms with E-state index in [1.165, 1.54) is 5.56 Å². The minimum atomic E-state index is 0.0154. The van der Waals surface area contributed by atoms with Crippen LogP contribution >= 0.6 is 15.9 Å². The van der Waals surface area contributed by atoms with E-state index < -0.39 is 0 Å². The number of carbonyl (C=O) groups excluding carboxylic acids is 1.